The van der Waals surface area contributed by atoms with Crippen LogP contribution in [0.3, 0.4) is 0 Å². The lowest BCUT2D eigenvalue weighted by molar-refractivity contribution is 0.292. The molecule has 26 heavy (non-hydrogen) atoms. The highest BCUT2D eigenvalue weighted by molar-refractivity contribution is 5.78. The monoisotopic (exact) mass is 348 g/mol. The van der Waals surface area contributed by atoms with Gasteiger partial charge in [-0.25, -0.2) is 4.98 Å². The molecule has 0 spiro atoms. The number of nitrogens with zero attached hydrogens (tertiary/aromatic N) is 3. The molecule has 2 heterocycles. The molecule has 1 aliphatic heterocycles. The Morgan fingerprint density at radius 1 is 1.08 bits per heavy atom. The Balaban J connectivity index is 1.70. The molecule has 1 saturated heterocycles. The second-order valence-corrected chi connectivity index (χ2v) is 7.36. The van der Waals surface area contributed by atoms with Crippen LogP contribution in [0.2, 0.25) is 0 Å². The van der Waals surface area contributed by atoms with E-state index in [1.807, 2.05) is 24.3 Å². The SMILES string of the molecule is Cc1ccc([C@H]2CN(c3nc4ccccc4c(=O)[nH]3)C[C@H]2N(C)C)cc1. The average molecular weight is 348 g/mol. The van der Waals surface area contributed by atoms with Crippen molar-refractivity contribution in [2.75, 3.05) is 32.1 Å². The van der Waals surface area contributed by atoms with Crippen LogP contribution < -0.4 is 10.5 Å². The fourth-order valence-electron chi connectivity index (χ4n) is 3.85. The molecular weight excluding hydrogens is 324 g/mol. The van der Waals surface area contributed by atoms with Crippen LogP contribution in [0.5, 0.6) is 0 Å². The van der Waals surface area contributed by atoms with E-state index in [1.54, 1.807) is 0 Å². The molecule has 0 radical (unpaired) electrons. The number of H-pyrrole nitrogens is 1. The van der Waals surface area contributed by atoms with E-state index in [9.17, 15) is 4.79 Å². The van der Waals surface area contributed by atoms with Gasteiger partial charge in [0.1, 0.15) is 0 Å². The summed E-state index contributed by atoms with van der Waals surface area (Å²) >= 11 is 0. The molecular formula is C21H24N4O. The highest BCUT2D eigenvalue weighted by Gasteiger charge is 2.36. The lowest BCUT2D eigenvalue weighted by atomic mass is 9.93. The van der Waals surface area contributed by atoms with Gasteiger partial charge in [0.25, 0.3) is 5.56 Å². The molecule has 0 bridgehead atoms. The van der Waals surface area contributed by atoms with Crippen molar-refractivity contribution in [1.82, 2.24) is 14.9 Å². The van der Waals surface area contributed by atoms with Crippen molar-refractivity contribution in [3.63, 3.8) is 0 Å². The van der Waals surface area contributed by atoms with Gasteiger partial charge in [-0.3, -0.25) is 9.78 Å². The van der Waals surface area contributed by atoms with Crippen molar-refractivity contribution in [1.29, 1.82) is 0 Å². The molecule has 5 heteroatoms. The number of aromatic amines is 1. The van der Waals surface area contributed by atoms with Crippen molar-refractivity contribution in [3.05, 3.63) is 70.0 Å². The fourth-order valence-corrected chi connectivity index (χ4v) is 3.85. The Bertz CT molecular complexity index is 977. The minimum atomic E-state index is -0.0780. The molecule has 0 saturated carbocycles. The van der Waals surface area contributed by atoms with Gasteiger partial charge in [-0.15, -0.1) is 0 Å². The van der Waals surface area contributed by atoms with E-state index in [0.717, 1.165) is 18.6 Å². The van der Waals surface area contributed by atoms with E-state index < -0.39 is 0 Å². The number of rotatable bonds is 3. The van der Waals surface area contributed by atoms with Crippen LogP contribution >= 0.6 is 0 Å². The third-order valence-electron chi connectivity index (χ3n) is 5.36. The summed E-state index contributed by atoms with van der Waals surface area (Å²) in [5.74, 6) is 1.04. The molecule has 0 unspecified atom stereocenters. The van der Waals surface area contributed by atoms with E-state index in [-0.39, 0.29) is 5.56 Å². The summed E-state index contributed by atoms with van der Waals surface area (Å²) in [6.07, 6.45) is 0. The van der Waals surface area contributed by atoms with Crippen LogP contribution in [0.25, 0.3) is 10.9 Å². The number of likely N-dealkylation sites (N-methyl/N-ethyl adjacent to an activating group) is 1. The molecule has 1 fully saturated rings. The van der Waals surface area contributed by atoms with Crippen LogP contribution in [-0.4, -0.2) is 48.1 Å². The first-order chi connectivity index (χ1) is 12.5. The van der Waals surface area contributed by atoms with Crippen LogP contribution in [0.4, 0.5) is 5.95 Å². The molecule has 4 rings (SSSR count). The van der Waals surface area contributed by atoms with Gasteiger partial charge in [0.2, 0.25) is 5.95 Å². The molecule has 2 aromatic carbocycles. The molecule has 3 aromatic rings. The van der Waals surface area contributed by atoms with Crippen molar-refractivity contribution in [2.24, 2.45) is 0 Å². The third-order valence-corrected chi connectivity index (χ3v) is 5.36. The quantitative estimate of drug-likeness (QED) is 0.791. The molecule has 0 amide bonds. The molecule has 1 aromatic heterocycles. The summed E-state index contributed by atoms with van der Waals surface area (Å²) < 4.78 is 0. The van der Waals surface area contributed by atoms with Gasteiger partial charge < -0.3 is 9.80 Å². The fraction of sp³-hybridized carbons (Fsp3) is 0.333. The second-order valence-electron chi connectivity index (χ2n) is 7.36. The van der Waals surface area contributed by atoms with E-state index in [0.29, 0.717) is 23.3 Å². The van der Waals surface area contributed by atoms with E-state index in [1.165, 1.54) is 11.1 Å². The van der Waals surface area contributed by atoms with Crippen LogP contribution in [0, 0.1) is 6.92 Å². The highest BCUT2D eigenvalue weighted by atomic mass is 16.1. The highest BCUT2D eigenvalue weighted by Crippen LogP contribution is 2.32. The summed E-state index contributed by atoms with van der Waals surface area (Å²) in [4.78, 5) is 24.6. The Morgan fingerprint density at radius 3 is 2.54 bits per heavy atom. The second kappa shape index (κ2) is 6.57. The Labute approximate surface area is 153 Å². The summed E-state index contributed by atoms with van der Waals surface area (Å²) in [5.41, 5.74) is 3.27. The first kappa shape index (κ1) is 16.8. The van der Waals surface area contributed by atoms with Gasteiger partial charge in [-0.1, -0.05) is 42.0 Å². The number of aromatic nitrogens is 2. The molecule has 1 aliphatic rings. The maximum Gasteiger partial charge on any atom is 0.260 e. The van der Waals surface area contributed by atoms with Gasteiger partial charge in [0.15, 0.2) is 0 Å². The molecule has 134 valence electrons. The van der Waals surface area contributed by atoms with Gasteiger partial charge in [-0.05, 0) is 38.7 Å². The molecule has 1 N–H and O–H groups in total. The van der Waals surface area contributed by atoms with Crippen molar-refractivity contribution < 1.29 is 0 Å². The Morgan fingerprint density at radius 2 is 1.81 bits per heavy atom. The zero-order valence-corrected chi connectivity index (χ0v) is 15.4. The first-order valence-electron chi connectivity index (χ1n) is 9.00. The number of benzene rings is 2. The normalized spacial score (nSPS) is 20.2. The number of hydrogen-bond donors (Lipinski definition) is 1. The largest absolute Gasteiger partial charge is 0.340 e. The topological polar surface area (TPSA) is 52.2 Å². The Kier molecular flexibility index (Phi) is 4.24. The van der Waals surface area contributed by atoms with E-state index in [2.05, 4.69) is 60.1 Å². The smallest absolute Gasteiger partial charge is 0.260 e. The number of nitrogens with one attached hydrogen (secondary N) is 1. The van der Waals surface area contributed by atoms with Crippen molar-refractivity contribution in [3.8, 4) is 0 Å². The summed E-state index contributed by atoms with van der Waals surface area (Å²) in [6, 6.07) is 16.6. The van der Waals surface area contributed by atoms with Gasteiger partial charge in [-0.2, -0.15) is 0 Å². The van der Waals surface area contributed by atoms with Crippen molar-refractivity contribution >= 4 is 16.9 Å². The standard InChI is InChI=1S/C21H24N4O/c1-14-8-10-15(11-9-14)17-12-25(13-19(17)24(2)3)21-22-18-7-5-4-6-16(18)20(26)23-21/h4-11,17,19H,12-13H2,1-3H3,(H,22,23,26)/t17-,19-/m1/s1. The predicted molar refractivity (Wildman–Crippen MR) is 106 cm³/mol. The maximum absolute atomic E-state index is 12.4. The average Bonchev–Trinajstić information content (AvgIpc) is 3.08. The summed E-state index contributed by atoms with van der Waals surface area (Å²) in [6.45, 7) is 3.79. The minimum Gasteiger partial charge on any atom is -0.340 e. The predicted octanol–water partition coefficient (Wildman–Crippen LogP) is 2.77. The lowest BCUT2D eigenvalue weighted by Crippen LogP contribution is -2.35. The van der Waals surface area contributed by atoms with Crippen LogP contribution in [0.1, 0.15) is 17.0 Å². The van der Waals surface area contributed by atoms with Crippen molar-refractivity contribution in [2.45, 2.75) is 18.9 Å². The minimum absolute atomic E-state index is 0.0780. The molecule has 5 nitrogen and oxygen atoms in total. The number of fused-ring (bicyclic) bond motifs is 1. The Hall–Kier alpha value is -2.66. The zero-order chi connectivity index (χ0) is 18.3. The number of aryl methyl sites for hydroxylation is 1. The van der Waals surface area contributed by atoms with Gasteiger partial charge in [0.05, 0.1) is 10.9 Å². The van der Waals surface area contributed by atoms with E-state index in [4.69, 9.17) is 4.98 Å². The summed E-state index contributed by atoms with van der Waals surface area (Å²) in [7, 11) is 4.23. The first-order valence-corrected chi connectivity index (χ1v) is 9.00. The van der Waals surface area contributed by atoms with Crippen LogP contribution in [-0.2, 0) is 0 Å². The zero-order valence-electron chi connectivity index (χ0n) is 15.4. The lowest BCUT2D eigenvalue weighted by Gasteiger charge is -2.25. The number of para-hydroxylation sites is 1. The molecule has 0 aliphatic carbocycles. The number of hydrogen-bond acceptors (Lipinski definition) is 4. The summed E-state index contributed by atoms with van der Waals surface area (Å²) in [5, 5.41) is 0.634. The number of anilines is 1. The third kappa shape index (κ3) is 2.99. The molecule has 2 atom stereocenters. The van der Waals surface area contributed by atoms with Crippen LogP contribution in [0.15, 0.2) is 53.3 Å². The van der Waals surface area contributed by atoms with Gasteiger partial charge >= 0.3 is 0 Å². The van der Waals surface area contributed by atoms with Gasteiger partial charge in [0, 0.05) is 25.0 Å². The van der Waals surface area contributed by atoms with E-state index >= 15 is 0 Å². The maximum atomic E-state index is 12.4.